The number of nitrogens with one attached hydrogen (secondary N) is 1. The van der Waals surface area contributed by atoms with Gasteiger partial charge in [-0.25, -0.2) is 0 Å². The maximum absolute atomic E-state index is 10.9. The summed E-state index contributed by atoms with van der Waals surface area (Å²) in [5.41, 5.74) is -0.758. The van der Waals surface area contributed by atoms with E-state index in [0.717, 1.165) is 45.2 Å². The molecular formula is C13H25NO2. The van der Waals surface area contributed by atoms with Crippen molar-refractivity contribution in [2.24, 2.45) is 10.8 Å². The molecule has 2 rings (SSSR count). The highest BCUT2D eigenvalue weighted by molar-refractivity contribution is 5.07. The Hall–Kier alpha value is -0.120. The first-order valence-electron chi connectivity index (χ1n) is 6.47. The van der Waals surface area contributed by atoms with Crippen LogP contribution in [0.1, 0.15) is 46.0 Å². The highest BCUT2D eigenvalue weighted by Crippen LogP contribution is 2.53. The zero-order valence-corrected chi connectivity index (χ0v) is 10.6. The number of aliphatic hydroxyl groups excluding tert-OH is 1. The van der Waals surface area contributed by atoms with E-state index in [-0.39, 0.29) is 17.4 Å². The molecule has 1 aliphatic carbocycles. The molecule has 3 nitrogen and oxygen atoms in total. The molecule has 1 heterocycles. The predicted molar refractivity (Wildman–Crippen MR) is 64.2 cm³/mol. The average molecular weight is 227 g/mol. The van der Waals surface area contributed by atoms with Crippen LogP contribution in [-0.2, 0) is 0 Å². The van der Waals surface area contributed by atoms with Gasteiger partial charge in [0.25, 0.3) is 0 Å². The zero-order chi connectivity index (χ0) is 11.9. The van der Waals surface area contributed by atoms with Gasteiger partial charge in [-0.1, -0.05) is 13.8 Å². The van der Waals surface area contributed by atoms with Gasteiger partial charge in [0.15, 0.2) is 0 Å². The summed E-state index contributed by atoms with van der Waals surface area (Å²) < 4.78 is 0. The molecule has 0 spiro atoms. The summed E-state index contributed by atoms with van der Waals surface area (Å²) in [5, 5.41) is 24.0. The summed E-state index contributed by atoms with van der Waals surface area (Å²) in [7, 11) is 0. The third kappa shape index (κ3) is 1.89. The molecule has 3 heteroatoms. The van der Waals surface area contributed by atoms with Crippen LogP contribution in [0.3, 0.4) is 0 Å². The summed E-state index contributed by atoms with van der Waals surface area (Å²) in [4.78, 5) is 0. The molecule has 0 aromatic rings. The van der Waals surface area contributed by atoms with Gasteiger partial charge in [0.1, 0.15) is 0 Å². The van der Waals surface area contributed by atoms with Crippen molar-refractivity contribution in [2.45, 2.75) is 51.6 Å². The molecule has 0 aromatic heterocycles. The lowest BCUT2D eigenvalue weighted by Gasteiger charge is -2.47. The first-order chi connectivity index (χ1) is 7.43. The van der Waals surface area contributed by atoms with Crippen molar-refractivity contribution >= 4 is 0 Å². The van der Waals surface area contributed by atoms with Gasteiger partial charge in [0.2, 0.25) is 0 Å². The summed E-state index contributed by atoms with van der Waals surface area (Å²) in [6.45, 7) is 6.31. The zero-order valence-electron chi connectivity index (χ0n) is 10.6. The van der Waals surface area contributed by atoms with E-state index in [4.69, 9.17) is 0 Å². The Morgan fingerprint density at radius 3 is 2.38 bits per heavy atom. The van der Waals surface area contributed by atoms with Crippen molar-refractivity contribution in [2.75, 3.05) is 19.7 Å². The molecule has 0 radical (unpaired) electrons. The van der Waals surface area contributed by atoms with Crippen LogP contribution >= 0.6 is 0 Å². The van der Waals surface area contributed by atoms with E-state index >= 15 is 0 Å². The second-order valence-corrected chi connectivity index (χ2v) is 6.59. The number of hydrogen-bond donors (Lipinski definition) is 3. The Balaban J connectivity index is 2.20. The Kier molecular flexibility index (Phi) is 3.06. The van der Waals surface area contributed by atoms with Crippen molar-refractivity contribution in [3.8, 4) is 0 Å². The van der Waals surface area contributed by atoms with Crippen LogP contribution in [0.4, 0.5) is 0 Å². The van der Waals surface area contributed by atoms with Crippen molar-refractivity contribution in [3.05, 3.63) is 0 Å². The largest absolute Gasteiger partial charge is 0.396 e. The fourth-order valence-corrected chi connectivity index (χ4v) is 3.61. The minimum atomic E-state index is -0.668. The third-order valence-corrected chi connectivity index (χ3v) is 4.75. The van der Waals surface area contributed by atoms with E-state index in [2.05, 4.69) is 19.2 Å². The van der Waals surface area contributed by atoms with Gasteiger partial charge < -0.3 is 15.5 Å². The van der Waals surface area contributed by atoms with Gasteiger partial charge in [0.05, 0.1) is 12.2 Å². The molecule has 2 unspecified atom stereocenters. The lowest BCUT2D eigenvalue weighted by Crippen LogP contribution is -2.57. The van der Waals surface area contributed by atoms with E-state index in [1.807, 2.05) is 0 Å². The fraction of sp³-hybridized carbons (Fsp3) is 1.00. The molecule has 2 fully saturated rings. The lowest BCUT2D eigenvalue weighted by atomic mass is 9.66. The van der Waals surface area contributed by atoms with Crippen LogP contribution < -0.4 is 5.32 Å². The smallest absolute Gasteiger partial charge is 0.0743 e. The minimum absolute atomic E-state index is 0.104. The van der Waals surface area contributed by atoms with Gasteiger partial charge in [0, 0.05) is 12.0 Å². The van der Waals surface area contributed by atoms with Gasteiger partial charge in [-0.05, 0) is 44.1 Å². The average Bonchev–Trinajstić information content (AvgIpc) is 2.55. The van der Waals surface area contributed by atoms with E-state index in [1.54, 1.807) is 0 Å². The Morgan fingerprint density at radius 1 is 1.19 bits per heavy atom. The number of hydrogen-bond acceptors (Lipinski definition) is 3. The molecule has 0 aromatic carbocycles. The molecule has 94 valence electrons. The fourth-order valence-electron chi connectivity index (χ4n) is 3.61. The van der Waals surface area contributed by atoms with Crippen LogP contribution in [0.5, 0.6) is 0 Å². The first-order valence-corrected chi connectivity index (χ1v) is 6.47. The van der Waals surface area contributed by atoms with E-state index in [9.17, 15) is 10.2 Å². The second kappa shape index (κ2) is 3.97. The van der Waals surface area contributed by atoms with Gasteiger partial charge in [-0.2, -0.15) is 0 Å². The molecule has 1 saturated heterocycles. The molecule has 0 bridgehead atoms. The van der Waals surface area contributed by atoms with Crippen LogP contribution in [-0.4, -0.2) is 35.5 Å². The Morgan fingerprint density at radius 2 is 1.94 bits per heavy atom. The number of rotatable bonds is 2. The molecule has 2 atom stereocenters. The van der Waals surface area contributed by atoms with Gasteiger partial charge in [-0.15, -0.1) is 0 Å². The molecular weight excluding hydrogens is 202 g/mol. The molecule has 2 aliphatic rings. The van der Waals surface area contributed by atoms with Gasteiger partial charge >= 0.3 is 0 Å². The van der Waals surface area contributed by atoms with Crippen LogP contribution in [0.2, 0.25) is 0 Å². The number of aliphatic hydroxyl groups is 2. The molecule has 1 saturated carbocycles. The van der Waals surface area contributed by atoms with Crippen molar-refractivity contribution in [1.29, 1.82) is 0 Å². The highest BCUT2D eigenvalue weighted by atomic mass is 16.3. The second-order valence-electron chi connectivity index (χ2n) is 6.59. The van der Waals surface area contributed by atoms with Crippen molar-refractivity contribution in [1.82, 2.24) is 5.32 Å². The third-order valence-electron chi connectivity index (χ3n) is 4.75. The minimum Gasteiger partial charge on any atom is -0.396 e. The normalized spacial score (nSPS) is 43.5. The lowest BCUT2D eigenvalue weighted by molar-refractivity contribution is -0.120. The van der Waals surface area contributed by atoms with Crippen molar-refractivity contribution in [3.63, 3.8) is 0 Å². The molecule has 0 amide bonds. The van der Waals surface area contributed by atoms with Gasteiger partial charge in [-0.3, -0.25) is 0 Å². The van der Waals surface area contributed by atoms with Crippen LogP contribution in [0, 0.1) is 10.8 Å². The maximum Gasteiger partial charge on any atom is 0.0743 e. The van der Waals surface area contributed by atoms with Crippen LogP contribution in [0.15, 0.2) is 0 Å². The predicted octanol–water partition coefficient (Wildman–Crippen LogP) is 1.29. The van der Waals surface area contributed by atoms with E-state index in [1.165, 1.54) is 0 Å². The maximum atomic E-state index is 10.9. The highest BCUT2D eigenvalue weighted by Gasteiger charge is 2.55. The first kappa shape index (κ1) is 12.3. The van der Waals surface area contributed by atoms with Crippen molar-refractivity contribution < 1.29 is 10.2 Å². The summed E-state index contributed by atoms with van der Waals surface area (Å²) >= 11 is 0. The SMILES string of the molecule is CC1(C)CCC(O)(C2(CO)CCCNC2)C1. The Labute approximate surface area is 98.2 Å². The van der Waals surface area contributed by atoms with E-state index < -0.39 is 5.60 Å². The van der Waals surface area contributed by atoms with Crippen LogP contribution in [0.25, 0.3) is 0 Å². The quantitative estimate of drug-likeness (QED) is 0.666. The summed E-state index contributed by atoms with van der Waals surface area (Å²) in [5.74, 6) is 0. The molecule has 3 N–H and O–H groups in total. The monoisotopic (exact) mass is 227 g/mol. The Bertz CT molecular complexity index is 259. The summed E-state index contributed by atoms with van der Waals surface area (Å²) in [6.07, 6.45) is 4.72. The topological polar surface area (TPSA) is 52.5 Å². The van der Waals surface area contributed by atoms with E-state index in [0.29, 0.717) is 0 Å². The molecule has 16 heavy (non-hydrogen) atoms. The molecule has 1 aliphatic heterocycles. The standard InChI is InChI=1S/C13H25NO2/c1-11(2)5-6-13(16,8-11)12(10-15)4-3-7-14-9-12/h14-16H,3-10H2,1-2H3. The number of piperidine rings is 1. The summed E-state index contributed by atoms with van der Waals surface area (Å²) in [6, 6.07) is 0.